The Labute approximate surface area is 146 Å². The van der Waals surface area contributed by atoms with Crippen LogP contribution < -0.4 is 5.32 Å². The van der Waals surface area contributed by atoms with E-state index in [0.717, 1.165) is 11.3 Å². The number of aromatic nitrogens is 2. The van der Waals surface area contributed by atoms with Gasteiger partial charge in [-0.05, 0) is 41.4 Å². The minimum absolute atomic E-state index is 0.208. The number of nitrogens with one attached hydrogen (secondary N) is 1. The number of halogens is 1. The maximum Gasteiger partial charge on any atom is 0.258 e. The smallest absolute Gasteiger partial charge is 0.258 e. The van der Waals surface area contributed by atoms with Crippen LogP contribution in [0, 0.1) is 13.8 Å². The Morgan fingerprint density at radius 2 is 2.09 bits per heavy atom. The summed E-state index contributed by atoms with van der Waals surface area (Å²) >= 11 is 4.74. The fourth-order valence-corrected chi connectivity index (χ4v) is 3.42. The van der Waals surface area contributed by atoms with Crippen molar-refractivity contribution < 1.29 is 4.79 Å². The van der Waals surface area contributed by atoms with Crippen molar-refractivity contribution in [3.05, 3.63) is 63.2 Å². The van der Waals surface area contributed by atoms with Crippen molar-refractivity contribution >= 4 is 38.3 Å². The molecule has 0 aliphatic heterocycles. The largest absolute Gasteiger partial charge is 0.298 e. The molecule has 0 spiro atoms. The number of benzene rings is 1. The number of pyridine rings is 1. The molecule has 3 aromatic rings. The maximum absolute atomic E-state index is 12.3. The minimum Gasteiger partial charge on any atom is -0.298 e. The van der Waals surface area contributed by atoms with Crippen molar-refractivity contribution in [2.24, 2.45) is 0 Å². The van der Waals surface area contributed by atoms with Gasteiger partial charge in [0.25, 0.3) is 5.91 Å². The van der Waals surface area contributed by atoms with Crippen LogP contribution in [-0.2, 0) is 0 Å². The van der Waals surface area contributed by atoms with Gasteiger partial charge in [-0.1, -0.05) is 23.8 Å². The fraction of sp³-hybridized carbons (Fsp3) is 0.118. The van der Waals surface area contributed by atoms with Crippen LogP contribution in [0.1, 0.15) is 21.5 Å². The number of hydrogen-bond acceptors (Lipinski definition) is 4. The molecule has 0 radical (unpaired) electrons. The van der Waals surface area contributed by atoms with Gasteiger partial charge in [-0.25, -0.2) is 4.98 Å². The third-order valence-corrected chi connectivity index (χ3v) is 4.79. The van der Waals surface area contributed by atoms with E-state index < -0.39 is 0 Å². The molecule has 0 atom stereocenters. The van der Waals surface area contributed by atoms with E-state index in [1.165, 1.54) is 22.5 Å². The van der Waals surface area contributed by atoms with Gasteiger partial charge in [0.2, 0.25) is 0 Å². The lowest BCUT2D eigenvalue weighted by Gasteiger charge is -2.04. The minimum atomic E-state index is -0.208. The molecule has 2 heterocycles. The molecular formula is C17H14BrN3OS. The van der Waals surface area contributed by atoms with Crippen molar-refractivity contribution in [2.45, 2.75) is 13.8 Å². The Morgan fingerprint density at radius 1 is 1.26 bits per heavy atom. The number of nitrogens with zero attached hydrogens (tertiary/aromatic N) is 2. The molecule has 0 bridgehead atoms. The van der Waals surface area contributed by atoms with Gasteiger partial charge in [0, 0.05) is 27.8 Å². The summed E-state index contributed by atoms with van der Waals surface area (Å²) in [5.74, 6) is -0.208. The lowest BCUT2D eigenvalue weighted by molar-refractivity contribution is 0.102. The fourth-order valence-electron chi connectivity index (χ4n) is 2.28. The number of anilines is 1. The van der Waals surface area contributed by atoms with E-state index in [1.54, 1.807) is 18.5 Å². The third-order valence-electron chi connectivity index (χ3n) is 3.40. The molecule has 0 aliphatic rings. The first-order valence-electron chi connectivity index (χ1n) is 6.98. The lowest BCUT2D eigenvalue weighted by Crippen LogP contribution is -2.12. The van der Waals surface area contributed by atoms with Gasteiger partial charge in [-0.2, -0.15) is 0 Å². The van der Waals surface area contributed by atoms with Crippen molar-refractivity contribution in [2.75, 3.05) is 5.32 Å². The Bertz CT molecular complexity index is 876. The predicted molar refractivity (Wildman–Crippen MR) is 96.9 cm³/mol. The topological polar surface area (TPSA) is 54.9 Å². The van der Waals surface area contributed by atoms with Gasteiger partial charge in [0.1, 0.15) is 0 Å². The summed E-state index contributed by atoms with van der Waals surface area (Å²) in [4.78, 5) is 20.8. The molecule has 0 aliphatic carbocycles. The van der Waals surface area contributed by atoms with Crippen LogP contribution in [0.2, 0.25) is 0 Å². The average Bonchev–Trinajstić information content (AvgIpc) is 2.95. The molecule has 23 heavy (non-hydrogen) atoms. The summed E-state index contributed by atoms with van der Waals surface area (Å²) in [6.07, 6.45) is 3.18. The first kappa shape index (κ1) is 15.8. The lowest BCUT2D eigenvalue weighted by atomic mass is 10.0. The number of amides is 1. The van der Waals surface area contributed by atoms with Crippen LogP contribution in [0.5, 0.6) is 0 Å². The van der Waals surface area contributed by atoms with Crippen LogP contribution in [0.4, 0.5) is 5.13 Å². The van der Waals surface area contributed by atoms with Crippen LogP contribution in [0.15, 0.2) is 46.5 Å². The molecule has 4 nitrogen and oxygen atoms in total. The Balaban J connectivity index is 1.82. The molecule has 0 saturated heterocycles. The van der Waals surface area contributed by atoms with Gasteiger partial charge < -0.3 is 0 Å². The Morgan fingerprint density at radius 3 is 2.83 bits per heavy atom. The highest BCUT2D eigenvalue weighted by Crippen LogP contribution is 2.28. The van der Waals surface area contributed by atoms with E-state index in [9.17, 15) is 4.79 Å². The van der Waals surface area contributed by atoms with Crippen molar-refractivity contribution in [1.82, 2.24) is 9.97 Å². The second-order valence-corrected chi connectivity index (χ2v) is 6.88. The van der Waals surface area contributed by atoms with Crippen LogP contribution >= 0.6 is 27.3 Å². The monoisotopic (exact) mass is 387 g/mol. The highest BCUT2D eigenvalue weighted by molar-refractivity contribution is 9.10. The summed E-state index contributed by atoms with van der Waals surface area (Å²) in [5.41, 5.74) is 4.87. The van der Waals surface area contributed by atoms with Crippen molar-refractivity contribution in [3.63, 3.8) is 0 Å². The number of thiazole rings is 1. The molecule has 6 heteroatoms. The second kappa shape index (κ2) is 6.60. The van der Waals surface area contributed by atoms with Gasteiger partial charge in [-0.3, -0.25) is 15.1 Å². The number of hydrogen-bond donors (Lipinski definition) is 1. The third kappa shape index (κ3) is 3.48. The molecule has 2 aromatic heterocycles. The Hall–Kier alpha value is -2.05. The van der Waals surface area contributed by atoms with E-state index in [1.807, 2.05) is 5.38 Å². The van der Waals surface area contributed by atoms with E-state index in [4.69, 9.17) is 0 Å². The second-order valence-electron chi connectivity index (χ2n) is 5.17. The number of aryl methyl sites for hydroxylation is 2. The van der Waals surface area contributed by atoms with Gasteiger partial charge in [0.15, 0.2) is 5.13 Å². The molecule has 0 unspecified atom stereocenters. The van der Waals surface area contributed by atoms with E-state index in [-0.39, 0.29) is 5.91 Å². The predicted octanol–water partition coefficient (Wildman–Crippen LogP) is 4.84. The number of carbonyl (C=O) groups is 1. The van der Waals surface area contributed by atoms with E-state index in [2.05, 4.69) is 63.3 Å². The van der Waals surface area contributed by atoms with E-state index in [0.29, 0.717) is 15.2 Å². The molecule has 3 rings (SSSR count). The molecule has 0 saturated carbocycles. The van der Waals surface area contributed by atoms with Crippen molar-refractivity contribution in [3.8, 4) is 11.3 Å². The zero-order valence-electron chi connectivity index (χ0n) is 12.6. The highest BCUT2D eigenvalue weighted by atomic mass is 79.9. The zero-order valence-corrected chi connectivity index (χ0v) is 15.0. The van der Waals surface area contributed by atoms with Gasteiger partial charge in [0.05, 0.1) is 11.3 Å². The highest BCUT2D eigenvalue weighted by Gasteiger charge is 2.13. The molecule has 1 N–H and O–H groups in total. The molecule has 1 aromatic carbocycles. The summed E-state index contributed by atoms with van der Waals surface area (Å²) in [6, 6.07) is 7.91. The van der Waals surface area contributed by atoms with Gasteiger partial charge in [-0.15, -0.1) is 11.3 Å². The van der Waals surface area contributed by atoms with Crippen LogP contribution in [-0.4, -0.2) is 15.9 Å². The Kier molecular flexibility index (Phi) is 4.54. The average molecular weight is 388 g/mol. The standard InChI is InChI=1S/C17H14BrN3OS/c1-10-3-4-12(11(2)7-10)15-9-23-17(20-15)21-16(22)13-5-6-19-8-14(13)18/h3-9H,1-2H3,(H,20,21,22). The first-order valence-corrected chi connectivity index (χ1v) is 8.66. The number of carbonyl (C=O) groups excluding carboxylic acids is 1. The zero-order chi connectivity index (χ0) is 16.4. The van der Waals surface area contributed by atoms with Crippen LogP contribution in [0.3, 0.4) is 0 Å². The summed E-state index contributed by atoms with van der Waals surface area (Å²) in [5, 5.41) is 5.36. The molecule has 0 fully saturated rings. The molecule has 1 amide bonds. The van der Waals surface area contributed by atoms with E-state index >= 15 is 0 Å². The SMILES string of the molecule is Cc1ccc(-c2csc(NC(=O)c3ccncc3Br)n2)c(C)c1. The normalized spacial score (nSPS) is 10.6. The summed E-state index contributed by atoms with van der Waals surface area (Å²) in [6.45, 7) is 4.13. The summed E-state index contributed by atoms with van der Waals surface area (Å²) < 4.78 is 0.656. The molecule has 116 valence electrons. The molecular weight excluding hydrogens is 374 g/mol. The van der Waals surface area contributed by atoms with Gasteiger partial charge >= 0.3 is 0 Å². The van der Waals surface area contributed by atoms with Crippen LogP contribution in [0.25, 0.3) is 11.3 Å². The van der Waals surface area contributed by atoms with Crippen molar-refractivity contribution in [1.29, 1.82) is 0 Å². The maximum atomic E-state index is 12.3. The summed E-state index contributed by atoms with van der Waals surface area (Å²) in [7, 11) is 0. The quantitative estimate of drug-likeness (QED) is 0.699. The number of rotatable bonds is 3. The first-order chi connectivity index (χ1) is 11.0.